The zero-order valence-corrected chi connectivity index (χ0v) is 15.8. The van der Waals surface area contributed by atoms with Gasteiger partial charge in [-0.05, 0) is 62.6 Å². The minimum absolute atomic E-state index is 0.110. The molecule has 0 aromatic heterocycles. The third-order valence-electron chi connectivity index (χ3n) is 4.78. The van der Waals surface area contributed by atoms with E-state index in [4.69, 9.17) is 0 Å². The third-order valence-corrected chi connectivity index (χ3v) is 4.78. The number of benzene rings is 2. The summed E-state index contributed by atoms with van der Waals surface area (Å²) in [5.74, 6) is -0.275. The van der Waals surface area contributed by atoms with Crippen LogP contribution in [0.15, 0.2) is 54.6 Å². The van der Waals surface area contributed by atoms with Gasteiger partial charge in [0, 0.05) is 42.5 Å². The standard InChI is InChI=1S/C22H27N3O2/c1-17(23-22(27)18-8-4-2-5-9-18)16-21(26)24-19-10-12-20(13-11-19)25-14-6-3-7-15-25/h2,4-5,8-13,17H,3,6-7,14-16H2,1H3,(H,23,27)(H,24,26). The molecule has 1 unspecified atom stereocenters. The molecule has 27 heavy (non-hydrogen) atoms. The normalized spacial score (nSPS) is 15.1. The topological polar surface area (TPSA) is 61.4 Å². The number of hydrogen-bond acceptors (Lipinski definition) is 3. The van der Waals surface area contributed by atoms with Crippen molar-refractivity contribution < 1.29 is 9.59 Å². The summed E-state index contributed by atoms with van der Waals surface area (Å²) in [6.07, 6.45) is 4.02. The summed E-state index contributed by atoms with van der Waals surface area (Å²) < 4.78 is 0. The van der Waals surface area contributed by atoms with Crippen molar-refractivity contribution in [2.45, 2.75) is 38.6 Å². The van der Waals surface area contributed by atoms with Crippen molar-refractivity contribution >= 4 is 23.2 Å². The zero-order valence-electron chi connectivity index (χ0n) is 15.8. The molecule has 2 amide bonds. The fourth-order valence-electron chi connectivity index (χ4n) is 3.35. The van der Waals surface area contributed by atoms with Crippen molar-refractivity contribution in [1.82, 2.24) is 5.32 Å². The first-order valence-corrected chi connectivity index (χ1v) is 9.62. The maximum atomic E-state index is 12.3. The minimum atomic E-state index is -0.245. The Bertz CT molecular complexity index is 753. The highest BCUT2D eigenvalue weighted by Crippen LogP contribution is 2.21. The Morgan fingerprint density at radius 3 is 2.30 bits per heavy atom. The Hall–Kier alpha value is -2.82. The van der Waals surface area contributed by atoms with Crippen LogP contribution in [-0.4, -0.2) is 30.9 Å². The highest BCUT2D eigenvalue weighted by atomic mass is 16.2. The largest absolute Gasteiger partial charge is 0.372 e. The smallest absolute Gasteiger partial charge is 0.251 e. The van der Waals surface area contributed by atoms with Crippen LogP contribution < -0.4 is 15.5 Å². The van der Waals surface area contributed by atoms with Gasteiger partial charge < -0.3 is 15.5 Å². The molecular weight excluding hydrogens is 338 g/mol. The van der Waals surface area contributed by atoms with Gasteiger partial charge in [0.05, 0.1) is 0 Å². The predicted molar refractivity (Wildman–Crippen MR) is 109 cm³/mol. The molecule has 2 aromatic rings. The number of nitrogens with zero attached hydrogens (tertiary/aromatic N) is 1. The van der Waals surface area contributed by atoms with E-state index < -0.39 is 0 Å². The number of anilines is 2. The molecule has 1 atom stereocenters. The highest BCUT2D eigenvalue weighted by molar-refractivity contribution is 5.95. The minimum Gasteiger partial charge on any atom is -0.372 e. The Kier molecular flexibility index (Phi) is 6.47. The second-order valence-electron chi connectivity index (χ2n) is 7.09. The summed E-state index contributed by atoms with van der Waals surface area (Å²) >= 11 is 0. The third kappa shape index (κ3) is 5.58. The molecule has 142 valence electrons. The summed E-state index contributed by atoms with van der Waals surface area (Å²) in [6.45, 7) is 4.04. The number of amides is 2. The maximum Gasteiger partial charge on any atom is 0.251 e. The molecule has 0 saturated carbocycles. The van der Waals surface area contributed by atoms with Crippen LogP contribution in [0.3, 0.4) is 0 Å². The van der Waals surface area contributed by atoms with Crippen molar-refractivity contribution in [2.24, 2.45) is 0 Å². The lowest BCUT2D eigenvalue weighted by atomic mass is 10.1. The second-order valence-corrected chi connectivity index (χ2v) is 7.09. The first-order chi connectivity index (χ1) is 13.1. The highest BCUT2D eigenvalue weighted by Gasteiger charge is 2.14. The fourth-order valence-corrected chi connectivity index (χ4v) is 3.35. The maximum absolute atomic E-state index is 12.3. The summed E-state index contributed by atoms with van der Waals surface area (Å²) in [4.78, 5) is 26.8. The predicted octanol–water partition coefficient (Wildman–Crippen LogP) is 3.82. The summed E-state index contributed by atoms with van der Waals surface area (Å²) in [7, 11) is 0. The van der Waals surface area contributed by atoms with E-state index in [1.54, 1.807) is 12.1 Å². The Labute approximate surface area is 160 Å². The number of rotatable bonds is 6. The number of carbonyl (C=O) groups is 2. The lowest BCUT2D eigenvalue weighted by Crippen LogP contribution is -2.35. The molecule has 2 N–H and O–H groups in total. The zero-order chi connectivity index (χ0) is 19.1. The van der Waals surface area contributed by atoms with E-state index >= 15 is 0 Å². The van der Waals surface area contributed by atoms with E-state index in [0.717, 1.165) is 18.8 Å². The molecule has 0 radical (unpaired) electrons. The molecule has 5 nitrogen and oxygen atoms in total. The van der Waals surface area contributed by atoms with Crippen molar-refractivity contribution in [3.8, 4) is 0 Å². The van der Waals surface area contributed by atoms with Gasteiger partial charge in [-0.25, -0.2) is 0 Å². The van der Waals surface area contributed by atoms with Crippen LogP contribution in [0, 0.1) is 0 Å². The average molecular weight is 365 g/mol. The molecule has 0 aliphatic carbocycles. The molecule has 1 fully saturated rings. The van der Waals surface area contributed by atoms with Gasteiger partial charge >= 0.3 is 0 Å². The molecule has 0 bridgehead atoms. The molecule has 3 rings (SSSR count). The SMILES string of the molecule is CC(CC(=O)Nc1ccc(N2CCCCC2)cc1)NC(=O)c1ccccc1. The Balaban J connectivity index is 1.47. The molecule has 1 heterocycles. The van der Waals surface area contributed by atoms with Crippen molar-refractivity contribution in [2.75, 3.05) is 23.3 Å². The quantitative estimate of drug-likeness (QED) is 0.818. The number of hydrogen-bond donors (Lipinski definition) is 2. The number of piperidine rings is 1. The van der Waals surface area contributed by atoms with Crippen LogP contribution >= 0.6 is 0 Å². The molecule has 0 spiro atoms. The molecule has 5 heteroatoms. The summed E-state index contributed by atoms with van der Waals surface area (Å²) in [5, 5.41) is 5.77. The van der Waals surface area contributed by atoms with Crippen LogP contribution in [0.4, 0.5) is 11.4 Å². The van der Waals surface area contributed by atoms with E-state index in [1.165, 1.54) is 24.9 Å². The van der Waals surface area contributed by atoms with Crippen LogP contribution in [0.2, 0.25) is 0 Å². The van der Waals surface area contributed by atoms with Crippen LogP contribution in [-0.2, 0) is 4.79 Å². The Morgan fingerprint density at radius 2 is 1.63 bits per heavy atom. The van der Waals surface area contributed by atoms with Gasteiger partial charge in [0.15, 0.2) is 0 Å². The van der Waals surface area contributed by atoms with Gasteiger partial charge in [0.1, 0.15) is 0 Å². The lowest BCUT2D eigenvalue weighted by molar-refractivity contribution is -0.116. The fraction of sp³-hybridized carbons (Fsp3) is 0.364. The second kappa shape index (κ2) is 9.21. The first kappa shape index (κ1) is 19.0. The van der Waals surface area contributed by atoms with E-state index in [1.807, 2.05) is 37.3 Å². The molecule has 1 saturated heterocycles. The molecule has 2 aromatic carbocycles. The van der Waals surface area contributed by atoms with Crippen LogP contribution in [0.5, 0.6) is 0 Å². The van der Waals surface area contributed by atoms with Gasteiger partial charge in [0.25, 0.3) is 5.91 Å². The number of carbonyl (C=O) groups excluding carboxylic acids is 2. The van der Waals surface area contributed by atoms with Crippen LogP contribution in [0.25, 0.3) is 0 Å². The first-order valence-electron chi connectivity index (χ1n) is 9.62. The van der Waals surface area contributed by atoms with E-state index in [-0.39, 0.29) is 24.3 Å². The van der Waals surface area contributed by atoms with E-state index in [2.05, 4.69) is 27.7 Å². The van der Waals surface area contributed by atoms with Crippen molar-refractivity contribution in [1.29, 1.82) is 0 Å². The van der Waals surface area contributed by atoms with Gasteiger partial charge in [-0.3, -0.25) is 9.59 Å². The number of nitrogens with one attached hydrogen (secondary N) is 2. The van der Waals surface area contributed by atoms with E-state index in [9.17, 15) is 9.59 Å². The van der Waals surface area contributed by atoms with Gasteiger partial charge in [-0.15, -0.1) is 0 Å². The summed E-state index contributed by atoms with van der Waals surface area (Å²) in [5.41, 5.74) is 2.58. The van der Waals surface area contributed by atoms with Crippen LogP contribution in [0.1, 0.15) is 43.0 Å². The van der Waals surface area contributed by atoms with Crippen molar-refractivity contribution in [3.63, 3.8) is 0 Å². The lowest BCUT2D eigenvalue weighted by Gasteiger charge is -2.28. The van der Waals surface area contributed by atoms with Crippen molar-refractivity contribution in [3.05, 3.63) is 60.2 Å². The van der Waals surface area contributed by atoms with Gasteiger partial charge in [-0.2, -0.15) is 0 Å². The Morgan fingerprint density at radius 1 is 0.963 bits per heavy atom. The summed E-state index contributed by atoms with van der Waals surface area (Å²) in [6, 6.07) is 16.8. The molecular formula is C22H27N3O2. The van der Waals surface area contributed by atoms with E-state index in [0.29, 0.717) is 5.56 Å². The van der Waals surface area contributed by atoms with Gasteiger partial charge in [0.2, 0.25) is 5.91 Å². The molecule has 1 aliphatic rings. The monoisotopic (exact) mass is 365 g/mol. The molecule has 1 aliphatic heterocycles. The van der Waals surface area contributed by atoms with Gasteiger partial charge in [-0.1, -0.05) is 18.2 Å². The average Bonchev–Trinajstić information content (AvgIpc) is 2.69.